The van der Waals surface area contributed by atoms with Crippen molar-refractivity contribution in [2.24, 2.45) is 0 Å². The Bertz CT molecular complexity index is 553. The van der Waals surface area contributed by atoms with E-state index < -0.39 is 0 Å². The maximum Gasteiger partial charge on any atom is 0.250 e. The van der Waals surface area contributed by atoms with Gasteiger partial charge in [-0.05, 0) is 43.5 Å². The van der Waals surface area contributed by atoms with Crippen LogP contribution in [0.2, 0.25) is 0 Å². The number of rotatable bonds is 2. The summed E-state index contributed by atoms with van der Waals surface area (Å²) in [6, 6.07) is 7.52. The summed E-state index contributed by atoms with van der Waals surface area (Å²) < 4.78 is 0. The van der Waals surface area contributed by atoms with Gasteiger partial charge in [-0.1, -0.05) is 0 Å². The Morgan fingerprint density at radius 1 is 1.10 bits per heavy atom. The summed E-state index contributed by atoms with van der Waals surface area (Å²) >= 11 is 0. The molecule has 0 aromatic heterocycles. The number of hydrogen-bond acceptors (Lipinski definition) is 3. The van der Waals surface area contributed by atoms with Gasteiger partial charge in [0.25, 0.3) is 0 Å². The zero-order valence-corrected chi connectivity index (χ0v) is 12.6. The smallest absolute Gasteiger partial charge is 0.250 e. The number of nitrogens with zero attached hydrogens (tertiary/aromatic N) is 3. The molecule has 0 radical (unpaired) electrons. The van der Waals surface area contributed by atoms with Crippen LogP contribution in [0, 0.1) is 0 Å². The highest BCUT2D eigenvalue weighted by Gasteiger charge is 2.40. The van der Waals surface area contributed by atoms with Gasteiger partial charge in [-0.15, -0.1) is 0 Å². The standard InChI is InChI=1S/C16H21N3O2/c1-17(2)12-6-8-13(9-7-12)19-11-15(20)18-10-4-3-5-14(18)16(19)21/h6-9,14H,3-5,10-11H2,1-2H3. The summed E-state index contributed by atoms with van der Waals surface area (Å²) in [5.74, 6) is 0.128. The molecule has 1 aromatic carbocycles. The van der Waals surface area contributed by atoms with Gasteiger partial charge in [-0.3, -0.25) is 9.59 Å². The Hall–Kier alpha value is -2.04. The molecule has 1 unspecified atom stereocenters. The molecule has 0 saturated carbocycles. The minimum atomic E-state index is -0.256. The molecule has 0 bridgehead atoms. The van der Waals surface area contributed by atoms with Crippen LogP contribution in [0.5, 0.6) is 0 Å². The lowest BCUT2D eigenvalue weighted by molar-refractivity contribution is -0.144. The monoisotopic (exact) mass is 287 g/mol. The number of carbonyl (C=O) groups is 2. The van der Waals surface area contributed by atoms with E-state index in [1.165, 1.54) is 0 Å². The van der Waals surface area contributed by atoms with Gasteiger partial charge in [-0.25, -0.2) is 0 Å². The number of piperazine rings is 1. The van der Waals surface area contributed by atoms with E-state index in [-0.39, 0.29) is 24.4 Å². The van der Waals surface area contributed by atoms with Crippen molar-refractivity contribution in [3.8, 4) is 0 Å². The average Bonchev–Trinajstić information content (AvgIpc) is 2.51. The van der Waals surface area contributed by atoms with E-state index in [2.05, 4.69) is 0 Å². The number of amides is 2. The van der Waals surface area contributed by atoms with Gasteiger partial charge < -0.3 is 14.7 Å². The van der Waals surface area contributed by atoms with Crippen molar-refractivity contribution in [3.05, 3.63) is 24.3 Å². The lowest BCUT2D eigenvalue weighted by Crippen LogP contribution is -2.61. The van der Waals surface area contributed by atoms with Crippen LogP contribution in [0.4, 0.5) is 11.4 Å². The van der Waals surface area contributed by atoms with Crippen molar-refractivity contribution in [2.75, 3.05) is 37.0 Å². The minimum Gasteiger partial charge on any atom is -0.378 e. The molecule has 2 aliphatic heterocycles. The molecule has 1 aromatic rings. The molecular formula is C16H21N3O2. The topological polar surface area (TPSA) is 43.9 Å². The van der Waals surface area contributed by atoms with Crippen LogP contribution in [0.3, 0.4) is 0 Å². The highest BCUT2D eigenvalue weighted by molar-refractivity contribution is 6.06. The van der Waals surface area contributed by atoms with E-state index in [0.717, 1.165) is 37.2 Å². The predicted octanol–water partition coefficient (Wildman–Crippen LogP) is 1.48. The number of piperidine rings is 1. The maximum atomic E-state index is 12.6. The fourth-order valence-electron chi connectivity index (χ4n) is 3.12. The number of anilines is 2. The molecule has 0 aliphatic carbocycles. The Kier molecular flexibility index (Phi) is 3.57. The zero-order valence-electron chi connectivity index (χ0n) is 12.6. The SMILES string of the molecule is CN(C)c1ccc(N2CC(=O)N3CCCCC3C2=O)cc1. The number of fused-ring (bicyclic) bond motifs is 1. The molecular weight excluding hydrogens is 266 g/mol. The highest BCUT2D eigenvalue weighted by Crippen LogP contribution is 2.27. The van der Waals surface area contributed by atoms with Gasteiger partial charge in [0.1, 0.15) is 12.6 Å². The van der Waals surface area contributed by atoms with Crippen molar-refractivity contribution in [2.45, 2.75) is 25.3 Å². The van der Waals surface area contributed by atoms with Gasteiger partial charge in [-0.2, -0.15) is 0 Å². The molecule has 3 rings (SSSR count). The van der Waals surface area contributed by atoms with Gasteiger partial charge in [0.2, 0.25) is 11.8 Å². The Balaban J connectivity index is 1.84. The first-order valence-corrected chi connectivity index (χ1v) is 7.46. The minimum absolute atomic E-state index is 0.0619. The van der Waals surface area contributed by atoms with Crippen molar-refractivity contribution >= 4 is 23.2 Å². The Morgan fingerprint density at radius 2 is 1.81 bits per heavy atom. The molecule has 2 aliphatic rings. The molecule has 5 heteroatoms. The van der Waals surface area contributed by atoms with Crippen LogP contribution in [0.1, 0.15) is 19.3 Å². The van der Waals surface area contributed by atoms with Gasteiger partial charge in [0.15, 0.2) is 0 Å². The summed E-state index contributed by atoms with van der Waals surface area (Å²) in [7, 11) is 3.95. The van der Waals surface area contributed by atoms with Crippen LogP contribution >= 0.6 is 0 Å². The lowest BCUT2D eigenvalue weighted by Gasteiger charge is -2.42. The van der Waals surface area contributed by atoms with E-state index in [1.807, 2.05) is 43.3 Å². The quantitative estimate of drug-likeness (QED) is 0.827. The molecule has 5 nitrogen and oxygen atoms in total. The maximum absolute atomic E-state index is 12.6. The molecule has 2 saturated heterocycles. The van der Waals surface area contributed by atoms with Crippen LogP contribution in [0.15, 0.2) is 24.3 Å². The first-order chi connectivity index (χ1) is 10.1. The molecule has 2 heterocycles. The van der Waals surface area contributed by atoms with E-state index in [0.29, 0.717) is 0 Å². The third kappa shape index (κ3) is 2.48. The van der Waals surface area contributed by atoms with Crippen molar-refractivity contribution in [1.29, 1.82) is 0 Å². The number of carbonyl (C=O) groups excluding carboxylic acids is 2. The predicted molar refractivity (Wildman–Crippen MR) is 82.5 cm³/mol. The van der Waals surface area contributed by atoms with E-state index >= 15 is 0 Å². The van der Waals surface area contributed by atoms with Crippen molar-refractivity contribution in [3.63, 3.8) is 0 Å². The van der Waals surface area contributed by atoms with Crippen molar-refractivity contribution < 1.29 is 9.59 Å². The first-order valence-electron chi connectivity index (χ1n) is 7.46. The van der Waals surface area contributed by atoms with Gasteiger partial charge in [0, 0.05) is 32.0 Å². The summed E-state index contributed by atoms with van der Waals surface area (Å²) in [5, 5.41) is 0. The lowest BCUT2D eigenvalue weighted by atomic mass is 9.98. The third-order valence-corrected chi connectivity index (χ3v) is 4.35. The van der Waals surface area contributed by atoms with E-state index in [9.17, 15) is 9.59 Å². The third-order valence-electron chi connectivity index (χ3n) is 4.35. The van der Waals surface area contributed by atoms with Crippen LogP contribution in [0.25, 0.3) is 0 Å². The molecule has 2 fully saturated rings. The molecule has 21 heavy (non-hydrogen) atoms. The summed E-state index contributed by atoms with van der Waals surface area (Å²) in [5.41, 5.74) is 1.89. The van der Waals surface area contributed by atoms with Gasteiger partial charge in [0.05, 0.1) is 0 Å². The molecule has 112 valence electrons. The Morgan fingerprint density at radius 3 is 2.48 bits per heavy atom. The fraction of sp³-hybridized carbons (Fsp3) is 0.500. The number of hydrogen-bond donors (Lipinski definition) is 0. The second-order valence-corrected chi connectivity index (χ2v) is 5.93. The number of benzene rings is 1. The summed E-state index contributed by atoms with van der Waals surface area (Å²) in [6.45, 7) is 0.888. The van der Waals surface area contributed by atoms with Crippen LogP contribution in [-0.4, -0.2) is 49.9 Å². The van der Waals surface area contributed by atoms with Crippen LogP contribution < -0.4 is 9.80 Å². The molecule has 2 amide bonds. The summed E-state index contributed by atoms with van der Waals surface area (Å²) in [4.78, 5) is 30.3. The molecule has 0 N–H and O–H groups in total. The first kappa shape index (κ1) is 13.9. The molecule has 0 spiro atoms. The second-order valence-electron chi connectivity index (χ2n) is 5.93. The van der Waals surface area contributed by atoms with E-state index in [4.69, 9.17) is 0 Å². The molecule has 1 atom stereocenters. The van der Waals surface area contributed by atoms with Crippen molar-refractivity contribution in [1.82, 2.24) is 4.90 Å². The van der Waals surface area contributed by atoms with E-state index in [1.54, 1.807) is 9.80 Å². The zero-order chi connectivity index (χ0) is 15.0. The fourth-order valence-corrected chi connectivity index (χ4v) is 3.12. The normalized spacial score (nSPS) is 22.3. The largest absolute Gasteiger partial charge is 0.378 e. The second kappa shape index (κ2) is 5.39. The van der Waals surface area contributed by atoms with Gasteiger partial charge >= 0.3 is 0 Å². The average molecular weight is 287 g/mol. The van der Waals surface area contributed by atoms with Crippen LogP contribution in [-0.2, 0) is 9.59 Å². The Labute approximate surface area is 125 Å². The summed E-state index contributed by atoms with van der Waals surface area (Å²) in [6.07, 6.45) is 2.82. The highest BCUT2D eigenvalue weighted by atomic mass is 16.2.